The predicted molar refractivity (Wildman–Crippen MR) is 88.0 cm³/mol. The highest BCUT2D eigenvalue weighted by Crippen LogP contribution is 2.29. The van der Waals surface area contributed by atoms with Crippen LogP contribution in [0.2, 0.25) is 0 Å². The molecular formula is C17H19I. The van der Waals surface area contributed by atoms with Crippen LogP contribution in [0.1, 0.15) is 37.3 Å². The molecule has 0 aromatic heterocycles. The molecule has 0 heterocycles. The van der Waals surface area contributed by atoms with Crippen molar-refractivity contribution in [2.75, 3.05) is 0 Å². The summed E-state index contributed by atoms with van der Waals surface area (Å²) < 4.78 is 1.35. The molecule has 0 N–H and O–H groups in total. The van der Waals surface area contributed by atoms with E-state index in [-0.39, 0.29) is 0 Å². The van der Waals surface area contributed by atoms with Crippen LogP contribution in [0.15, 0.2) is 42.5 Å². The van der Waals surface area contributed by atoms with E-state index in [1.807, 2.05) is 0 Å². The Morgan fingerprint density at radius 1 is 1.06 bits per heavy atom. The summed E-state index contributed by atoms with van der Waals surface area (Å²) in [7, 11) is 0. The van der Waals surface area contributed by atoms with Gasteiger partial charge in [0.2, 0.25) is 0 Å². The first-order chi connectivity index (χ1) is 8.63. The summed E-state index contributed by atoms with van der Waals surface area (Å²) in [6, 6.07) is 15.5. The molecule has 18 heavy (non-hydrogen) atoms. The van der Waals surface area contributed by atoms with E-state index in [2.05, 4.69) is 85.8 Å². The number of benzene rings is 2. The van der Waals surface area contributed by atoms with Crippen LogP contribution in [0.5, 0.6) is 0 Å². The highest BCUT2D eigenvalue weighted by Gasteiger charge is 2.06. The van der Waals surface area contributed by atoms with Crippen molar-refractivity contribution in [3.05, 3.63) is 57.2 Å². The van der Waals surface area contributed by atoms with Gasteiger partial charge in [0.1, 0.15) is 0 Å². The lowest BCUT2D eigenvalue weighted by Crippen LogP contribution is -1.91. The second kappa shape index (κ2) is 5.87. The molecular weight excluding hydrogens is 331 g/mol. The summed E-state index contributed by atoms with van der Waals surface area (Å²) in [6.45, 7) is 6.69. The van der Waals surface area contributed by atoms with Crippen LogP contribution < -0.4 is 0 Å². The smallest absolute Gasteiger partial charge is 0.0237 e. The zero-order valence-electron chi connectivity index (χ0n) is 11.2. The van der Waals surface area contributed by atoms with Gasteiger partial charge in [0.05, 0.1) is 0 Å². The molecule has 94 valence electrons. The van der Waals surface area contributed by atoms with Gasteiger partial charge in [-0.25, -0.2) is 0 Å². The Hall–Kier alpha value is -0.830. The van der Waals surface area contributed by atoms with Crippen molar-refractivity contribution < 1.29 is 0 Å². The molecule has 0 amide bonds. The van der Waals surface area contributed by atoms with Crippen molar-refractivity contribution in [1.29, 1.82) is 0 Å². The van der Waals surface area contributed by atoms with Crippen LogP contribution in [-0.2, 0) is 0 Å². The molecule has 1 heteroatoms. The summed E-state index contributed by atoms with van der Waals surface area (Å²) >= 11 is 2.44. The van der Waals surface area contributed by atoms with E-state index in [4.69, 9.17) is 0 Å². The molecule has 0 aliphatic carbocycles. The van der Waals surface area contributed by atoms with Crippen molar-refractivity contribution in [1.82, 2.24) is 0 Å². The first-order valence-corrected chi connectivity index (χ1v) is 7.56. The van der Waals surface area contributed by atoms with E-state index in [0.29, 0.717) is 5.92 Å². The fourth-order valence-electron chi connectivity index (χ4n) is 2.10. The van der Waals surface area contributed by atoms with E-state index < -0.39 is 0 Å². The predicted octanol–water partition coefficient (Wildman–Crippen LogP) is 5.78. The molecule has 1 unspecified atom stereocenters. The van der Waals surface area contributed by atoms with Crippen LogP contribution in [-0.4, -0.2) is 0 Å². The summed E-state index contributed by atoms with van der Waals surface area (Å²) in [4.78, 5) is 0. The third-order valence-electron chi connectivity index (χ3n) is 3.59. The molecule has 0 nitrogen and oxygen atoms in total. The maximum Gasteiger partial charge on any atom is 0.0237 e. The summed E-state index contributed by atoms with van der Waals surface area (Å²) in [5.74, 6) is 0.649. The Bertz CT molecular complexity index is 526. The molecule has 0 saturated carbocycles. The maximum atomic E-state index is 2.44. The molecule has 0 aliphatic heterocycles. The van der Waals surface area contributed by atoms with E-state index in [0.717, 1.165) is 0 Å². The molecule has 1 atom stereocenters. The molecule has 2 aromatic carbocycles. The maximum absolute atomic E-state index is 2.44. The Morgan fingerprint density at radius 2 is 1.72 bits per heavy atom. The summed E-state index contributed by atoms with van der Waals surface area (Å²) in [5, 5.41) is 0. The topological polar surface area (TPSA) is 0 Å². The largest absolute Gasteiger partial charge is 0.0648 e. The second-order valence-electron chi connectivity index (χ2n) is 4.87. The van der Waals surface area contributed by atoms with Gasteiger partial charge in [0, 0.05) is 3.57 Å². The van der Waals surface area contributed by atoms with Gasteiger partial charge < -0.3 is 0 Å². The fourth-order valence-corrected chi connectivity index (χ4v) is 2.77. The standard InChI is InChI=1S/C17H19I/c1-4-12(2)14-8-10-15(11-9-14)16-7-5-6-13(3)17(16)18/h5-12H,4H2,1-3H3. The van der Waals surface area contributed by atoms with Crippen LogP contribution >= 0.6 is 22.6 Å². The van der Waals surface area contributed by atoms with Crippen molar-refractivity contribution >= 4 is 22.6 Å². The van der Waals surface area contributed by atoms with E-state index >= 15 is 0 Å². The minimum atomic E-state index is 0.649. The van der Waals surface area contributed by atoms with Crippen molar-refractivity contribution in [3.8, 4) is 11.1 Å². The first-order valence-electron chi connectivity index (χ1n) is 6.49. The number of halogens is 1. The average Bonchev–Trinajstić information content (AvgIpc) is 2.41. The quantitative estimate of drug-likeness (QED) is 0.616. The number of rotatable bonds is 3. The monoisotopic (exact) mass is 350 g/mol. The number of hydrogen-bond acceptors (Lipinski definition) is 0. The normalized spacial score (nSPS) is 12.4. The van der Waals surface area contributed by atoms with Crippen molar-refractivity contribution in [3.63, 3.8) is 0 Å². The van der Waals surface area contributed by atoms with Gasteiger partial charge in [-0.05, 0) is 64.1 Å². The van der Waals surface area contributed by atoms with Crippen LogP contribution in [0.4, 0.5) is 0 Å². The first kappa shape index (κ1) is 13.6. The Balaban J connectivity index is 2.37. The molecule has 0 bridgehead atoms. The lowest BCUT2D eigenvalue weighted by atomic mass is 9.95. The van der Waals surface area contributed by atoms with E-state index in [9.17, 15) is 0 Å². The zero-order chi connectivity index (χ0) is 13.1. The Kier molecular flexibility index (Phi) is 4.44. The average molecular weight is 350 g/mol. The SMILES string of the molecule is CCC(C)c1ccc(-c2cccc(C)c2I)cc1. The van der Waals surface area contributed by atoms with Gasteiger partial charge in [-0.2, -0.15) is 0 Å². The van der Waals surface area contributed by atoms with Crippen molar-refractivity contribution in [2.45, 2.75) is 33.1 Å². The van der Waals surface area contributed by atoms with Gasteiger partial charge in [-0.1, -0.05) is 56.3 Å². The van der Waals surface area contributed by atoms with Gasteiger partial charge in [0.15, 0.2) is 0 Å². The lowest BCUT2D eigenvalue weighted by Gasteiger charge is -2.11. The van der Waals surface area contributed by atoms with Crippen molar-refractivity contribution in [2.24, 2.45) is 0 Å². The van der Waals surface area contributed by atoms with Crippen LogP contribution in [0.3, 0.4) is 0 Å². The molecule has 0 radical (unpaired) electrons. The number of aryl methyl sites for hydroxylation is 1. The van der Waals surface area contributed by atoms with Gasteiger partial charge in [-0.3, -0.25) is 0 Å². The lowest BCUT2D eigenvalue weighted by molar-refractivity contribution is 0.734. The zero-order valence-corrected chi connectivity index (χ0v) is 13.4. The third kappa shape index (κ3) is 2.77. The van der Waals surface area contributed by atoms with Crippen LogP contribution in [0.25, 0.3) is 11.1 Å². The van der Waals surface area contributed by atoms with Crippen LogP contribution in [0, 0.1) is 10.5 Å². The summed E-state index contributed by atoms with van der Waals surface area (Å²) in [5.41, 5.74) is 5.43. The Morgan fingerprint density at radius 3 is 2.33 bits per heavy atom. The second-order valence-corrected chi connectivity index (χ2v) is 5.95. The van der Waals surface area contributed by atoms with Gasteiger partial charge >= 0.3 is 0 Å². The van der Waals surface area contributed by atoms with Gasteiger partial charge in [0.25, 0.3) is 0 Å². The Labute approximate surface area is 124 Å². The molecule has 2 aromatic rings. The minimum absolute atomic E-state index is 0.649. The third-order valence-corrected chi connectivity index (χ3v) is 5.03. The van der Waals surface area contributed by atoms with E-state index in [1.165, 1.54) is 32.2 Å². The van der Waals surface area contributed by atoms with E-state index in [1.54, 1.807) is 0 Å². The molecule has 0 spiro atoms. The molecule has 0 aliphatic rings. The molecule has 2 rings (SSSR count). The number of hydrogen-bond donors (Lipinski definition) is 0. The minimum Gasteiger partial charge on any atom is -0.0648 e. The molecule has 0 fully saturated rings. The van der Waals surface area contributed by atoms with Gasteiger partial charge in [-0.15, -0.1) is 0 Å². The molecule has 0 saturated heterocycles. The highest BCUT2D eigenvalue weighted by atomic mass is 127. The fraction of sp³-hybridized carbons (Fsp3) is 0.294. The highest BCUT2D eigenvalue weighted by molar-refractivity contribution is 14.1. The summed E-state index contributed by atoms with van der Waals surface area (Å²) in [6.07, 6.45) is 1.20.